The second kappa shape index (κ2) is 13.2. The first kappa shape index (κ1) is 28.8. The molecule has 0 aromatic heterocycles. The molecule has 4 rings (SSSR count). The predicted molar refractivity (Wildman–Crippen MR) is 143 cm³/mol. The van der Waals surface area contributed by atoms with Crippen molar-refractivity contribution in [2.24, 2.45) is 0 Å². The Kier molecular flexibility index (Phi) is 10.3. The molecule has 0 N–H and O–H groups in total. The zero-order valence-corrected chi connectivity index (χ0v) is 21.8. The maximum atomic E-state index is 13.0. The third-order valence-corrected chi connectivity index (χ3v) is 6.49. The molecule has 37 heavy (non-hydrogen) atoms. The Labute approximate surface area is 226 Å². The number of nitrogens with zero attached hydrogens (tertiary/aromatic N) is 2. The number of hydrogen-bond acceptors (Lipinski definition) is 4. The van der Waals surface area contributed by atoms with Gasteiger partial charge in [0.15, 0.2) is 0 Å². The molecular weight excluding hydrogens is 524 g/mol. The summed E-state index contributed by atoms with van der Waals surface area (Å²) < 4.78 is 44.4. The fourth-order valence-electron chi connectivity index (χ4n) is 4.30. The number of hydrogen-bond donors (Lipinski definition) is 0. The van der Waals surface area contributed by atoms with Gasteiger partial charge in [0.2, 0.25) is 0 Å². The Hall–Kier alpha value is -2.74. The molecule has 0 amide bonds. The minimum Gasteiger partial charge on any atom is -0.464 e. The molecule has 1 heterocycles. The van der Waals surface area contributed by atoms with E-state index >= 15 is 0 Å². The summed E-state index contributed by atoms with van der Waals surface area (Å²) in [5.41, 5.74) is 3.11. The van der Waals surface area contributed by atoms with Gasteiger partial charge in [-0.2, -0.15) is 13.2 Å². The second-order valence-electron chi connectivity index (χ2n) is 8.90. The lowest BCUT2D eigenvalue weighted by molar-refractivity contribution is -0.143. The van der Waals surface area contributed by atoms with Crippen molar-refractivity contribution < 1.29 is 22.7 Å². The summed E-state index contributed by atoms with van der Waals surface area (Å²) in [7, 11) is 0. The zero-order valence-electron chi connectivity index (χ0n) is 20.2. The van der Waals surface area contributed by atoms with E-state index in [1.165, 1.54) is 12.1 Å². The molecule has 0 saturated carbocycles. The van der Waals surface area contributed by atoms with Crippen molar-refractivity contribution in [3.63, 3.8) is 0 Å². The SMILES string of the molecule is Cl.O=C(Cc1cccc(Cc2ccc(Cl)cc2)c1)OCCN1CCN(c2cccc(C(F)(F)F)c2)CC1. The van der Waals surface area contributed by atoms with Gasteiger partial charge in [0.25, 0.3) is 0 Å². The van der Waals surface area contributed by atoms with Crippen LogP contribution in [0.4, 0.5) is 18.9 Å². The van der Waals surface area contributed by atoms with Crippen molar-refractivity contribution in [3.05, 3.63) is 100 Å². The van der Waals surface area contributed by atoms with Crippen molar-refractivity contribution >= 4 is 35.7 Å². The summed E-state index contributed by atoms with van der Waals surface area (Å²) in [6, 6.07) is 21.0. The normalized spacial score (nSPS) is 14.2. The van der Waals surface area contributed by atoms with Crippen molar-refractivity contribution in [2.45, 2.75) is 19.0 Å². The number of rotatable bonds is 8. The number of esters is 1. The van der Waals surface area contributed by atoms with Crippen LogP contribution in [-0.2, 0) is 28.5 Å². The number of carbonyl (C=O) groups is 1. The van der Waals surface area contributed by atoms with Gasteiger partial charge >= 0.3 is 12.1 Å². The predicted octanol–water partition coefficient (Wildman–Crippen LogP) is 6.28. The van der Waals surface area contributed by atoms with Crippen LogP contribution in [0.3, 0.4) is 0 Å². The molecule has 198 valence electrons. The summed E-state index contributed by atoms with van der Waals surface area (Å²) in [4.78, 5) is 16.5. The first-order valence-corrected chi connectivity index (χ1v) is 12.3. The molecule has 3 aromatic carbocycles. The minimum atomic E-state index is -4.35. The lowest BCUT2D eigenvalue weighted by atomic mass is 10.0. The highest BCUT2D eigenvalue weighted by atomic mass is 35.5. The van der Waals surface area contributed by atoms with E-state index in [1.807, 2.05) is 53.4 Å². The monoisotopic (exact) mass is 552 g/mol. The number of benzene rings is 3. The molecule has 3 aromatic rings. The molecule has 0 unspecified atom stereocenters. The summed E-state index contributed by atoms with van der Waals surface area (Å²) in [5.74, 6) is -0.277. The molecule has 0 bridgehead atoms. The van der Waals surface area contributed by atoms with E-state index < -0.39 is 11.7 Å². The van der Waals surface area contributed by atoms with E-state index in [0.717, 1.165) is 29.2 Å². The average Bonchev–Trinajstić information content (AvgIpc) is 2.86. The lowest BCUT2D eigenvalue weighted by Gasteiger charge is -2.36. The van der Waals surface area contributed by atoms with E-state index in [4.69, 9.17) is 16.3 Å². The van der Waals surface area contributed by atoms with Gasteiger partial charge in [-0.1, -0.05) is 54.1 Å². The van der Waals surface area contributed by atoms with E-state index in [1.54, 1.807) is 6.07 Å². The second-order valence-corrected chi connectivity index (χ2v) is 9.33. The highest BCUT2D eigenvalue weighted by Crippen LogP contribution is 2.31. The maximum absolute atomic E-state index is 13.0. The van der Waals surface area contributed by atoms with Gasteiger partial charge in [0.1, 0.15) is 6.61 Å². The quantitative estimate of drug-likeness (QED) is 0.308. The van der Waals surface area contributed by atoms with Gasteiger partial charge in [-0.05, 0) is 53.4 Å². The molecule has 4 nitrogen and oxygen atoms in total. The molecule has 1 aliphatic heterocycles. The van der Waals surface area contributed by atoms with Gasteiger partial charge in [-0.15, -0.1) is 12.4 Å². The average molecular weight is 553 g/mol. The highest BCUT2D eigenvalue weighted by Gasteiger charge is 2.31. The van der Waals surface area contributed by atoms with E-state index in [9.17, 15) is 18.0 Å². The van der Waals surface area contributed by atoms with Crippen LogP contribution in [0.2, 0.25) is 5.02 Å². The number of halogens is 5. The Balaban J connectivity index is 0.00000380. The smallest absolute Gasteiger partial charge is 0.416 e. The van der Waals surface area contributed by atoms with Crippen LogP contribution < -0.4 is 4.90 Å². The van der Waals surface area contributed by atoms with Crippen LogP contribution >= 0.6 is 24.0 Å². The number of alkyl halides is 3. The van der Waals surface area contributed by atoms with Gasteiger partial charge in [0, 0.05) is 43.4 Å². The zero-order chi connectivity index (χ0) is 25.5. The molecule has 0 aliphatic carbocycles. The maximum Gasteiger partial charge on any atom is 0.416 e. The molecular formula is C28H29Cl2F3N2O2. The minimum absolute atomic E-state index is 0. The summed E-state index contributed by atoms with van der Waals surface area (Å²) in [6.45, 7) is 3.51. The van der Waals surface area contributed by atoms with E-state index in [-0.39, 0.29) is 31.4 Å². The number of ether oxygens (including phenoxy) is 1. The molecule has 1 aliphatic rings. The number of piperazine rings is 1. The van der Waals surface area contributed by atoms with E-state index in [2.05, 4.69) is 4.90 Å². The summed E-state index contributed by atoms with van der Waals surface area (Å²) >= 11 is 5.95. The summed E-state index contributed by atoms with van der Waals surface area (Å²) in [6.07, 6.45) is -3.38. The molecule has 1 saturated heterocycles. The van der Waals surface area contributed by atoms with Crippen LogP contribution in [0.25, 0.3) is 0 Å². The fraction of sp³-hybridized carbons (Fsp3) is 0.321. The number of carbonyl (C=O) groups excluding carboxylic acids is 1. The third kappa shape index (κ3) is 8.66. The van der Waals surface area contributed by atoms with Gasteiger partial charge < -0.3 is 9.64 Å². The first-order chi connectivity index (χ1) is 17.3. The Morgan fingerprint density at radius 1 is 0.865 bits per heavy atom. The topological polar surface area (TPSA) is 32.8 Å². The van der Waals surface area contributed by atoms with Crippen LogP contribution in [-0.4, -0.2) is 50.2 Å². The molecule has 0 spiro atoms. The van der Waals surface area contributed by atoms with Crippen LogP contribution in [0.15, 0.2) is 72.8 Å². The first-order valence-electron chi connectivity index (χ1n) is 11.9. The van der Waals surface area contributed by atoms with Crippen LogP contribution in [0.1, 0.15) is 22.3 Å². The van der Waals surface area contributed by atoms with Crippen molar-refractivity contribution in [3.8, 4) is 0 Å². The molecule has 1 fully saturated rings. The largest absolute Gasteiger partial charge is 0.464 e. The van der Waals surface area contributed by atoms with Crippen molar-refractivity contribution in [1.29, 1.82) is 0 Å². The van der Waals surface area contributed by atoms with Crippen molar-refractivity contribution in [2.75, 3.05) is 44.2 Å². The Morgan fingerprint density at radius 2 is 1.54 bits per heavy atom. The molecule has 0 atom stereocenters. The lowest BCUT2D eigenvalue weighted by Crippen LogP contribution is -2.47. The van der Waals surface area contributed by atoms with Gasteiger partial charge in [0.05, 0.1) is 12.0 Å². The third-order valence-electron chi connectivity index (χ3n) is 6.24. The Morgan fingerprint density at radius 3 is 2.24 bits per heavy atom. The van der Waals surface area contributed by atoms with Crippen molar-refractivity contribution in [1.82, 2.24) is 4.90 Å². The van der Waals surface area contributed by atoms with Crippen LogP contribution in [0, 0.1) is 0 Å². The van der Waals surface area contributed by atoms with Gasteiger partial charge in [-0.25, -0.2) is 0 Å². The van der Waals surface area contributed by atoms with Gasteiger partial charge in [-0.3, -0.25) is 9.69 Å². The van der Waals surface area contributed by atoms with E-state index in [0.29, 0.717) is 43.4 Å². The molecule has 9 heteroatoms. The van der Waals surface area contributed by atoms with Crippen LogP contribution in [0.5, 0.6) is 0 Å². The highest BCUT2D eigenvalue weighted by molar-refractivity contribution is 6.30. The fourth-order valence-corrected chi connectivity index (χ4v) is 4.43. The molecule has 0 radical (unpaired) electrons. The standard InChI is InChI=1S/C28H28ClF3N2O2.ClH/c29-25-9-7-21(8-10-25)17-22-3-1-4-23(18-22)19-27(35)36-16-15-33-11-13-34(14-12-33)26-6-2-5-24(20-26)28(30,31)32;/h1-10,18,20H,11-17,19H2;1H. The number of anilines is 1. The summed E-state index contributed by atoms with van der Waals surface area (Å²) in [5, 5.41) is 0.702. The Bertz CT molecular complexity index is 1160.